The molecule has 98 valence electrons. The maximum absolute atomic E-state index is 11.4. The lowest BCUT2D eigenvalue weighted by molar-refractivity contribution is -0.141. The zero-order valence-electron chi connectivity index (χ0n) is 10.2. The van der Waals surface area contributed by atoms with Crippen LogP contribution in [0.2, 0.25) is 0 Å². The Labute approximate surface area is 111 Å². The molecule has 1 aliphatic carbocycles. The second-order valence-corrected chi connectivity index (χ2v) is 5.85. The van der Waals surface area contributed by atoms with Crippen LogP contribution in [0.15, 0.2) is 0 Å². The first-order valence-electron chi connectivity index (χ1n) is 6.30. The first-order chi connectivity index (χ1) is 8.22. The third-order valence-corrected chi connectivity index (χ3v) is 4.36. The van der Waals surface area contributed by atoms with E-state index >= 15 is 0 Å². The van der Waals surface area contributed by atoms with E-state index in [-0.39, 0.29) is 10.8 Å². The van der Waals surface area contributed by atoms with Crippen LogP contribution in [0.4, 0.5) is 0 Å². The second kappa shape index (κ2) is 6.16. The molecule has 0 amide bonds. The van der Waals surface area contributed by atoms with Crippen molar-refractivity contribution in [3.8, 4) is 0 Å². The van der Waals surface area contributed by atoms with Gasteiger partial charge in [0.25, 0.3) is 0 Å². The number of hydrogen-bond acceptors (Lipinski definition) is 4. The third-order valence-electron chi connectivity index (χ3n) is 3.70. The van der Waals surface area contributed by atoms with E-state index in [1.807, 2.05) is 0 Å². The monoisotopic (exact) mass is 305 g/mol. The van der Waals surface area contributed by atoms with Gasteiger partial charge in [0, 0.05) is 19.1 Å². The van der Waals surface area contributed by atoms with E-state index < -0.39 is 0 Å². The second-order valence-electron chi connectivity index (χ2n) is 4.75. The molecule has 1 heterocycles. The summed E-state index contributed by atoms with van der Waals surface area (Å²) in [4.78, 5) is 13.6. The lowest BCUT2D eigenvalue weighted by Crippen LogP contribution is -2.54. The molecule has 0 aromatic rings. The lowest BCUT2D eigenvalue weighted by atomic mass is 9.90. The summed E-state index contributed by atoms with van der Waals surface area (Å²) < 4.78 is 10.6. The zero-order valence-corrected chi connectivity index (χ0v) is 11.8. The molecule has 0 spiro atoms. The average Bonchev–Trinajstić information content (AvgIpc) is 2.38. The minimum absolute atomic E-state index is 0.191. The van der Waals surface area contributed by atoms with Crippen molar-refractivity contribution >= 4 is 21.9 Å². The van der Waals surface area contributed by atoms with Gasteiger partial charge in [0.05, 0.1) is 19.8 Å². The number of nitrogens with zero attached hydrogens (tertiary/aromatic N) is 1. The number of hydrogen-bond donors (Lipinski definition) is 0. The smallest absolute Gasteiger partial charge is 0.320 e. The zero-order chi connectivity index (χ0) is 12.3. The van der Waals surface area contributed by atoms with Crippen molar-refractivity contribution < 1.29 is 14.3 Å². The molecule has 17 heavy (non-hydrogen) atoms. The molecule has 3 atom stereocenters. The fourth-order valence-corrected chi connectivity index (χ4v) is 3.37. The summed E-state index contributed by atoms with van der Waals surface area (Å²) in [5.41, 5.74) is 0. The van der Waals surface area contributed by atoms with E-state index in [9.17, 15) is 4.79 Å². The number of methoxy groups -OCH3 is 1. The summed E-state index contributed by atoms with van der Waals surface area (Å²) in [7, 11) is 1.43. The molecule has 0 radical (unpaired) electrons. The number of halogens is 1. The highest BCUT2D eigenvalue weighted by Crippen LogP contribution is 2.28. The highest BCUT2D eigenvalue weighted by molar-refractivity contribution is 9.10. The van der Waals surface area contributed by atoms with Crippen LogP contribution in [0, 0.1) is 0 Å². The van der Waals surface area contributed by atoms with Crippen LogP contribution < -0.4 is 0 Å². The molecular weight excluding hydrogens is 286 g/mol. The molecule has 2 fully saturated rings. The molecule has 1 aliphatic heterocycles. The van der Waals surface area contributed by atoms with Crippen LogP contribution in [0.25, 0.3) is 0 Å². The van der Waals surface area contributed by atoms with Gasteiger partial charge in [-0.3, -0.25) is 9.69 Å². The van der Waals surface area contributed by atoms with Crippen molar-refractivity contribution in [3.63, 3.8) is 0 Å². The van der Waals surface area contributed by atoms with E-state index in [1.54, 1.807) is 0 Å². The number of carbonyl (C=O) groups excluding carboxylic acids is 1. The van der Waals surface area contributed by atoms with Gasteiger partial charge in [-0.25, -0.2) is 0 Å². The fraction of sp³-hybridized carbons (Fsp3) is 0.917. The largest absolute Gasteiger partial charge is 0.468 e. The van der Waals surface area contributed by atoms with Gasteiger partial charge in [0.2, 0.25) is 0 Å². The van der Waals surface area contributed by atoms with Gasteiger partial charge in [-0.15, -0.1) is 0 Å². The number of esters is 1. The van der Waals surface area contributed by atoms with E-state index in [4.69, 9.17) is 9.47 Å². The normalized spacial score (nSPS) is 31.6. The molecule has 1 saturated heterocycles. The van der Waals surface area contributed by atoms with Crippen LogP contribution >= 0.6 is 15.9 Å². The predicted octanol–water partition coefficient (Wildman–Crippen LogP) is 1.57. The maximum atomic E-state index is 11.4. The van der Waals surface area contributed by atoms with Gasteiger partial charge in [-0.2, -0.15) is 0 Å². The molecule has 0 aromatic carbocycles. The summed E-state index contributed by atoms with van der Waals surface area (Å²) in [5, 5.41) is 0. The molecule has 0 N–H and O–H groups in total. The highest BCUT2D eigenvalue weighted by Gasteiger charge is 2.35. The molecular formula is C12H20BrNO3. The van der Waals surface area contributed by atoms with E-state index in [0.717, 1.165) is 26.1 Å². The minimum atomic E-state index is -0.229. The Kier molecular flexibility index (Phi) is 4.82. The molecule has 0 aromatic heterocycles. The van der Waals surface area contributed by atoms with E-state index in [1.165, 1.54) is 26.4 Å². The summed E-state index contributed by atoms with van der Waals surface area (Å²) in [5.74, 6) is -0.191. The first-order valence-corrected chi connectivity index (χ1v) is 7.21. The predicted molar refractivity (Wildman–Crippen MR) is 68.3 cm³/mol. The van der Waals surface area contributed by atoms with Gasteiger partial charge >= 0.3 is 5.97 Å². The highest BCUT2D eigenvalue weighted by atomic mass is 79.9. The third kappa shape index (κ3) is 3.20. The molecule has 0 bridgehead atoms. The van der Waals surface area contributed by atoms with Crippen molar-refractivity contribution in [3.05, 3.63) is 0 Å². The summed E-state index contributed by atoms with van der Waals surface area (Å²) in [6.45, 7) is 2.42. The molecule has 5 heteroatoms. The van der Waals surface area contributed by atoms with Crippen molar-refractivity contribution in [1.29, 1.82) is 0 Å². The minimum Gasteiger partial charge on any atom is -0.468 e. The van der Waals surface area contributed by atoms with Crippen molar-refractivity contribution in [2.24, 2.45) is 0 Å². The topological polar surface area (TPSA) is 38.8 Å². The van der Waals surface area contributed by atoms with Gasteiger partial charge in [0.1, 0.15) is 4.83 Å². The Balaban J connectivity index is 1.92. The number of alkyl halides is 1. The Morgan fingerprint density at radius 1 is 1.53 bits per heavy atom. The number of morpholine rings is 1. The van der Waals surface area contributed by atoms with E-state index in [0.29, 0.717) is 12.1 Å². The summed E-state index contributed by atoms with van der Waals surface area (Å²) >= 11 is 3.40. The van der Waals surface area contributed by atoms with Gasteiger partial charge in [-0.1, -0.05) is 28.8 Å². The van der Waals surface area contributed by atoms with Crippen LogP contribution in [0.5, 0.6) is 0 Å². The van der Waals surface area contributed by atoms with Crippen molar-refractivity contribution in [1.82, 2.24) is 4.90 Å². The molecule has 1 saturated carbocycles. The van der Waals surface area contributed by atoms with Gasteiger partial charge in [0.15, 0.2) is 0 Å². The number of rotatable bonds is 3. The number of carbonyl (C=O) groups is 1. The Hall–Kier alpha value is -0.130. The Bertz CT molecular complexity index is 272. The molecule has 2 aliphatic rings. The Morgan fingerprint density at radius 2 is 2.29 bits per heavy atom. The Morgan fingerprint density at radius 3 is 3.06 bits per heavy atom. The summed E-state index contributed by atoms with van der Waals surface area (Å²) in [6.07, 6.45) is 5.25. The maximum Gasteiger partial charge on any atom is 0.320 e. The van der Waals surface area contributed by atoms with Crippen LogP contribution in [0.1, 0.15) is 25.7 Å². The van der Waals surface area contributed by atoms with E-state index in [2.05, 4.69) is 20.8 Å². The molecule has 3 unspecified atom stereocenters. The average molecular weight is 306 g/mol. The van der Waals surface area contributed by atoms with Crippen LogP contribution in [0.3, 0.4) is 0 Å². The molecule has 2 rings (SSSR count). The lowest BCUT2D eigenvalue weighted by Gasteiger charge is -2.44. The molecule has 4 nitrogen and oxygen atoms in total. The number of ether oxygens (including phenoxy) is 2. The fourth-order valence-electron chi connectivity index (χ4n) is 2.81. The van der Waals surface area contributed by atoms with Gasteiger partial charge in [-0.05, 0) is 12.8 Å². The summed E-state index contributed by atoms with van der Waals surface area (Å²) in [6, 6.07) is 0.488. The van der Waals surface area contributed by atoms with Crippen LogP contribution in [-0.4, -0.2) is 54.6 Å². The SMILES string of the molecule is COC(=O)C(Br)CN1CCOC2CCCCC21. The number of fused-ring (bicyclic) bond motifs is 1. The van der Waals surface area contributed by atoms with Crippen molar-refractivity contribution in [2.45, 2.75) is 42.7 Å². The van der Waals surface area contributed by atoms with Crippen LogP contribution in [-0.2, 0) is 14.3 Å². The first kappa shape index (κ1) is 13.3. The van der Waals surface area contributed by atoms with Gasteiger partial charge < -0.3 is 9.47 Å². The quantitative estimate of drug-likeness (QED) is 0.586. The van der Waals surface area contributed by atoms with Crippen molar-refractivity contribution in [2.75, 3.05) is 26.8 Å². The standard InChI is InChI=1S/C12H20BrNO3/c1-16-12(15)9(13)8-14-6-7-17-11-5-3-2-4-10(11)14/h9-11H,2-8H2,1H3.